The number of nitrogens with one attached hydrogen (secondary N) is 1. The van der Waals surface area contributed by atoms with E-state index in [9.17, 15) is 4.79 Å². The summed E-state index contributed by atoms with van der Waals surface area (Å²) >= 11 is 0. The Bertz CT molecular complexity index is 243. The lowest BCUT2D eigenvalue weighted by molar-refractivity contribution is -0.150. The highest BCUT2D eigenvalue weighted by molar-refractivity contribution is 5.81. The largest absolute Gasteiger partial charge is 0.468 e. The molecule has 2 unspecified atom stereocenters. The molecule has 0 radical (unpaired) electrons. The minimum Gasteiger partial charge on any atom is -0.468 e. The summed E-state index contributed by atoms with van der Waals surface area (Å²) in [6.07, 6.45) is 4.16. The minimum absolute atomic E-state index is 0.101. The van der Waals surface area contributed by atoms with Crippen LogP contribution in [0, 0.1) is 5.92 Å². The van der Waals surface area contributed by atoms with Crippen molar-refractivity contribution in [3.05, 3.63) is 0 Å². The Morgan fingerprint density at radius 2 is 2.25 bits per heavy atom. The van der Waals surface area contributed by atoms with E-state index >= 15 is 0 Å². The van der Waals surface area contributed by atoms with Gasteiger partial charge in [0.05, 0.1) is 7.11 Å². The number of rotatable bonds is 5. The van der Waals surface area contributed by atoms with Crippen molar-refractivity contribution >= 4 is 5.97 Å². The first kappa shape index (κ1) is 13.5. The average Bonchev–Trinajstić information content (AvgIpc) is 2.69. The highest BCUT2D eigenvalue weighted by Gasteiger charge is 2.48. The van der Waals surface area contributed by atoms with Crippen molar-refractivity contribution in [1.29, 1.82) is 0 Å². The van der Waals surface area contributed by atoms with Crippen molar-refractivity contribution in [2.75, 3.05) is 34.8 Å². The molecular weight excluding hydrogens is 204 g/mol. The number of esters is 1. The van der Waals surface area contributed by atoms with Gasteiger partial charge in [-0.2, -0.15) is 0 Å². The molecule has 0 aliphatic heterocycles. The first-order valence-electron chi connectivity index (χ1n) is 5.99. The summed E-state index contributed by atoms with van der Waals surface area (Å²) in [6.45, 7) is 1.02. The van der Waals surface area contributed by atoms with Gasteiger partial charge in [0, 0.05) is 0 Å². The summed E-state index contributed by atoms with van der Waals surface area (Å²) in [5, 5.41) is 3.21. The third-order valence-corrected chi connectivity index (χ3v) is 3.74. The fourth-order valence-electron chi connectivity index (χ4n) is 2.76. The molecule has 0 aromatic heterocycles. The maximum atomic E-state index is 11.9. The molecule has 1 saturated carbocycles. The predicted octanol–water partition coefficient (Wildman–Crippen LogP) is 0.869. The van der Waals surface area contributed by atoms with E-state index < -0.39 is 5.54 Å². The standard InChI is InChI=1S/C12H24N2O2/c1-13-12(11(15)16-4)8-5-6-10(12)7-9-14(2)3/h10,13H,5-9H2,1-4H3. The first-order chi connectivity index (χ1) is 7.56. The molecule has 0 aromatic carbocycles. The van der Waals surface area contributed by atoms with Gasteiger partial charge in [-0.3, -0.25) is 4.79 Å². The molecule has 16 heavy (non-hydrogen) atoms. The topological polar surface area (TPSA) is 41.6 Å². The van der Waals surface area contributed by atoms with E-state index in [1.807, 2.05) is 7.05 Å². The molecule has 1 aliphatic carbocycles. The molecule has 0 spiro atoms. The van der Waals surface area contributed by atoms with E-state index in [0.29, 0.717) is 5.92 Å². The van der Waals surface area contributed by atoms with Crippen LogP contribution in [0.15, 0.2) is 0 Å². The highest BCUT2D eigenvalue weighted by Crippen LogP contribution is 2.38. The Morgan fingerprint density at radius 1 is 1.56 bits per heavy atom. The number of nitrogens with zero attached hydrogens (tertiary/aromatic N) is 1. The number of hydrogen-bond acceptors (Lipinski definition) is 4. The molecule has 0 saturated heterocycles. The van der Waals surface area contributed by atoms with Crippen LogP contribution in [0.3, 0.4) is 0 Å². The second-order valence-electron chi connectivity index (χ2n) is 4.89. The van der Waals surface area contributed by atoms with Crippen molar-refractivity contribution in [2.24, 2.45) is 5.92 Å². The van der Waals surface area contributed by atoms with Gasteiger partial charge >= 0.3 is 5.97 Å². The van der Waals surface area contributed by atoms with E-state index in [4.69, 9.17) is 4.74 Å². The Balaban J connectivity index is 2.70. The van der Waals surface area contributed by atoms with Gasteiger partial charge in [-0.15, -0.1) is 0 Å². The molecule has 0 bridgehead atoms. The summed E-state index contributed by atoms with van der Waals surface area (Å²) in [6, 6.07) is 0. The van der Waals surface area contributed by atoms with Crippen molar-refractivity contribution < 1.29 is 9.53 Å². The molecule has 0 amide bonds. The highest BCUT2D eigenvalue weighted by atomic mass is 16.5. The van der Waals surface area contributed by atoms with Gasteiger partial charge in [-0.25, -0.2) is 0 Å². The van der Waals surface area contributed by atoms with Gasteiger partial charge in [0.2, 0.25) is 0 Å². The van der Waals surface area contributed by atoms with E-state index in [0.717, 1.165) is 32.2 Å². The van der Waals surface area contributed by atoms with Crippen LogP contribution in [-0.4, -0.2) is 51.2 Å². The molecule has 2 atom stereocenters. The second kappa shape index (κ2) is 5.64. The molecule has 4 heteroatoms. The molecule has 0 heterocycles. The number of carbonyl (C=O) groups is 1. The monoisotopic (exact) mass is 228 g/mol. The molecule has 1 N–H and O–H groups in total. The van der Waals surface area contributed by atoms with Crippen molar-refractivity contribution in [1.82, 2.24) is 10.2 Å². The van der Waals surface area contributed by atoms with E-state index in [-0.39, 0.29) is 5.97 Å². The molecular formula is C12H24N2O2. The summed E-state index contributed by atoms with van der Waals surface area (Å²) in [4.78, 5) is 14.1. The normalized spacial score (nSPS) is 29.7. The Hall–Kier alpha value is -0.610. The van der Waals surface area contributed by atoms with Crippen molar-refractivity contribution in [3.8, 4) is 0 Å². The zero-order valence-corrected chi connectivity index (χ0v) is 10.9. The van der Waals surface area contributed by atoms with E-state index in [1.165, 1.54) is 7.11 Å². The molecule has 1 fully saturated rings. The third-order valence-electron chi connectivity index (χ3n) is 3.74. The summed E-state index contributed by atoms with van der Waals surface area (Å²) in [5.74, 6) is 0.295. The number of ether oxygens (including phenoxy) is 1. The lowest BCUT2D eigenvalue weighted by Gasteiger charge is -2.33. The van der Waals surface area contributed by atoms with Gasteiger partial charge in [0.1, 0.15) is 5.54 Å². The molecule has 1 rings (SSSR count). The average molecular weight is 228 g/mol. The zero-order chi connectivity index (χ0) is 12.2. The van der Waals surface area contributed by atoms with Gasteiger partial charge < -0.3 is 15.0 Å². The zero-order valence-electron chi connectivity index (χ0n) is 10.9. The summed E-state index contributed by atoms with van der Waals surface area (Å²) in [5.41, 5.74) is -0.440. The van der Waals surface area contributed by atoms with Gasteiger partial charge in [-0.05, 0) is 52.9 Å². The van der Waals surface area contributed by atoms with Crippen LogP contribution >= 0.6 is 0 Å². The Kier molecular flexibility index (Phi) is 4.74. The Labute approximate surface area is 98.3 Å². The third kappa shape index (κ3) is 2.55. The van der Waals surface area contributed by atoms with Gasteiger partial charge in [-0.1, -0.05) is 6.42 Å². The fourth-order valence-corrected chi connectivity index (χ4v) is 2.76. The number of likely N-dealkylation sites (N-methyl/N-ethyl adjacent to an activating group) is 1. The maximum Gasteiger partial charge on any atom is 0.326 e. The number of carbonyl (C=O) groups excluding carboxylic acids is 1. The van der Waals surface area contributed by atoms with Crippen LogP contribution in [0.1, 0.15) is 25.7 Å². The van der Waals surface area contributed by atoms with Crippen LogP contribution in [0.25, 0.3) is 0 Å². The summed E-state index contributed by atoms with van der Waals surface area (Å²) in [7, 11) is 7.47. The van der Waals surface area contributed by atoms with E-state index in [2.05, 4.69) is 24.3 Å². The fraction of sp³-hybridized carbons (Fsp3) is 0.917. The minimum atomic E-state index is -0.440. The lowest BCUT2D eigenvalue weighted by atomic mass is 9.84. The van der Waals surface area contributed by atoms with Crippen molar-refractivity contribution in [2.45, 2.75) is 31.2 Å². The predicted molar refractivity (Wildman–Crippen MR) is 64.3 cm³/mol. The van der Waals surface area contributed by atoms with Gasteiger partial charge in [0.15, 0.2) is 0 Å². The van der Waals surface area contributed by atoms with Crippen LogP contribution in [0.4, 0.5) is 0 Å². The SMILES string of the molecule is CNC1(C(=O)OC)CCCC1CCN(C)C. The quantitative estimate of drug-likeness (QED) is 0.709. The smallest absolute Gasteiger partial charge is 0.326 e. The Morgan fingerprint density at radius 3 is 2.75 bits per heavy atom. The van der Waals surface area contributed by atoms with Crippen LogP contribution in [-0.2, 0) is 9.53 Å². The van der Waals surface area contributed by atoms with Crippen LogP contribution in [0.2, 0.25) is 0 Å². The van der Waals surface area contributed by atoms with Crippen LogP contribution in [0.5, 0.6) is 0 Å². The van der Waals surface area contributed by atoms with Crippen LogP contribution < -0.4 is 5.32 Å². The summed E-state index contributed by atoms with van der Waals surface area (Å²) < 4.78 is 4.95. The molecule has 94 valence electrons. The first-order valence-corrected chi connectivity index (χ1v) is 5.99. The lowest BCUT2D eigenvalue weighted by Crippen LogP contribution is -2.54. The molecule has 1 aliphatic rings. The second-order valence-corrected chi connectivity index (χ2v) is 4.89. The molecule has 4 nitrogen and oxygen atoms in total. The number of methoxy groups -OCH3 is 1. The molecule has 0 aromatic rings. The van der Waals surface area contributed by atoms with Crippen molar-refractivity contribution in [3.63, 3.8) is 0 Å². The maximum absolute atomic E-state index is 11.9. The number of hydrogen-bond donors (Lipinski definition) is 1. The van der Waals surface area contributed by atoms with Gasteiger partial charge in [0.25, 0.3) is 0 Å². The van der Waals surface area contributed by atoms with E-state index in [1.54, 1.807) is 0 Å².